The molecule has 0 radical (unpaired) electrons. The van der Waals surface area contributed by atoms with E-state index in [1.54, 1.807) is 24.3 Å². The van der Waals surface area contributed by atoms with Crippen molar-refractivity contribution in [2.75, 3.05) is 6.26 Å². The number of halogens is 1. The third-order valence-electron chi connectivity index (χ3n) is 6.49. The molecule has 198 valence electrons. The number of H-pyrrole nitrogens is 1. The number of carbonyl (C=O) groups excluding carboxylic acids is 1. The van der Waals surface area contributed by atoms with E-state index in [2.05, 4.69) is 9.71 Å². The maximum Gasteiger partial charge on any atom is 0.282 e. The molecular formula is C26H24FN3O6S2. The van der Waals surface area contributed by atoms with E-state index < -0.39 is 42.4 Å². The Bertz CT molecular complexity index is 1890. The van der Waals surface area contributed by atoms with E-state index in [-0.39, 0.29) is 33.8 Å². The van der Waals surface area contributed by atoms with Gasteiger partial charge in [-0.15, -0.1) is 0 Å². The van der Waals surface area contributed by atoms with Crippen LogP contribution in [0.3, 0.4) is 0 Å². The van der Waals surface area contributed by atoms with Crippen LogP contribution in [0.25, 0.3) is 22.0 Å². The van der Waals surface area contributed by atoms with Crippen molar-refractivity contribution < 1.29 is 26.0 Å². The quantitative estimate of drug-likeness (QED) is 0.335. The van der Waals surface area contributed by atoms with Crippen LogP contribution >= 0.6 is 0 Å². The topological polar surface area (TPSA) is 135 Å². The maximum atomic E-state index is 15.0. The summed E-state index contributed by atoms with van der Waals surface area (Å²) in [6, 6.07) is 11.7. The molecule has 1 fully saturated rings. The van der Waals surface area contributed by atoms with Crippen molar-refractivity contribution in [3.63, 3.8) is 0 Å². The number of aromatic nitrogens is 2. The number of sulfonamides is 1. The number of aryl methyl sites for hydroxylation is 1. The fourth-order valence-corrected chi connectivity index (χ4v) is 6.42. The van der Waals surface area contributed by atoms with Crippen molar-refractivity contribution in [2.45, 2.75) is 36.5 Å². The summed E-state index contributed by atoms with van der Waals surface area (Å²) in [7, 11) is -7.62. The normalized spacial score (nSPS) is 14.1. The standard InChI is InChI=1S/C26H24FN3O6S2/c1-15-5-10-22-20(12-15)23(19-4-3-11-28-25(19)31)24(26(32)29-38(35,36)17-6-7-17)30(22)14-16-13-18(37(2,33)34)8-9-21(16)27/h3-5,8-13,17H,6-7,14H2,1-2H3,(H,28,31)(H,29,32). The van der Waals surface area contributed by atoms with Crippen molar-refractivity contribution in [1.29, 1.82) is 0 Å². The average molecular weight is 558 g/mol. The van der Waals surface area contributed by atoms with Gasteiger partial charge < -0.3 is 9.55 Å². The Morgan fingerprint density at radius 3 is 2.50 bits per heavy atom. The molecule has 1 aliphatic rings. The first-order valence-corrected chi connectivity index (χ1v) is 15.2. The minimum absolute atomic E-state index is 0.0296. The molecule has 4 aromatic rings. The fraction of sp³-hybridized carbons (Fsp3) is 0.231. The summed E-state index contributed by atoms with van der Waals surface area (Å²) < 4.78 is 68.2. The summed E-state index contributed by atoms with van der Waals surface area (Å²) in [6.45, 7) is 1.52. The predicted octanol–water partition coefficient (Wildman–Crippen LogP) is 3.12. The number of sulfone groups is 1. The highest BCUT2D eigenvalue weighted by Gasteiger charge is 2.38. The highest BCUT2D eigenvalue weighted by Crippen LogP contribution is 2.36. The van der Waals surface area contributed by atoms with Gasteiger partial charge in [0.25, 0.3) is 11.5 Å². The lowest BCUT2D eigenvalue weighted by atomic mass is 10.0. The number of hydrogen-bond donors (Lipinski definition) is 2. The molecule has 9 nitrogen and oxygen atoms in total. The molecule has 1 saturated carbocycles. The predicted molar refractivity (Wildman–Crippen MR) is 141 cm³/mol. The molecule has 2 aromatic heterocycles. The molecule has 12 heteroatoms. The zero-order chi connectivity index (χ0) is 27.4. The number of nitrogens with zero attached hydrogens (tertiary/aromatic N) is 1. The number of pyridine rings is 1. The largest absolute Gasteiger partial charge is 0.331 e. The molecule has 2 N–H and O–H groups in total. The van der Waals surface area contributed by atoms with Crippen LogP contribution in [0, 0.1) is 12.7 Å². The van der Waals surface area contributed by atoms with Crippen LogP contribution in [0.5, 0.6) is 0 Å². The number of carbonyl (C=O) groups is 1. The number of benzene rings is 2. The average Bonchev–Trinajstić information content (AvgIpc) is 3.65. The van der Waals surface area contributed by atoms with Crippen molar-refractivity contribution in [3.05, 3.63) is 87.7 Å². The first kappa shape index (κ1) is 25.9. The number of amides is 1. The summed E-state index contributed by atoms with van der Waals surface area (Å²) in [4.78, 5) is 29.0. The first-order valence-electron chi connectivity index (χ1n) is 11.7. The SMILES string of the molecule is Cc1ccc2c(c1)c(-c1ccc[nH]c1=O)c(C(=O)NS(=O)(=O)C1CC1)n2Cc1cc(S(C)(=O)=O)ccc1F. The second-order valence-electron chi connectivity index (χ2n) is 9.44. The Hall–Kier alpha value is -3.77. The van der Waals surface area contributed by atoms with Gasteiger partial charge >= 0.3 is 0 Å². The Kier molecular flexibility index (Phi) is 6.27. The highest BCUT2D eigenvalue weighted by molar-refractivity contribution is 7.91. The summed E-state index contributed by atoms with van der Waals surface area (Å²) in [5, 5.41) is -0.200. The van der Waals surface area contributed by atoms with Crippen LogP contribution < -0.4 is 10.3 Å². The second kappa shape index (κ2) is 9.21. The van der Waals surface area contributed by atoms with E-state index in [1.165, 1.54) is 22.9 Å². The molecule has 1 aliphatic carbocycles. The van der Waals surface area contributed by atoms with Crippen LogP contribution in [-0.4, -0.2) is 43.8 Å². The number of fused-ring (bicyclic) bond motifs is 1. The number of rotatable bonds is 7. The van der Waals surface area contributed by atoms with Gasteiger partial charge in [-0.25, -0.2) is 25.9 Å². The van der Waals surface area contributed by atoms with Crippen LogP contribution in [0.1, 0.15) is 34.5 Å². The van der Waals surface area contributed by atoms with E-state index in [1.807, 2.05) is 6.92 Å². The van der Waals surface area contributed by atoms with E-state index in [4.69, 9.17) is 0 Å². The molecule has 0 unspecified atom stereocenters. The van der Waals surface area contributed by atoms with Crippen LogP contribution in [-0.2, 0) is 26.4 Å². The zero-order valence-corrected chi connectivity index (χ0v) is 22.1. The lowest BCUT2D eigenvalue weighted by molar-refractivity contribution is 0.0973. The minimum atomic E-state index is -3.97. The van der Waals surface area contributed by atoms with Crippen molar-refractivity contribution >= 4 is 36.7 Å². The Morgan fingerprint density at radius 2 is 1.84 bits per heavy atom. The molecular weight excluding hydrogens is 533 g/mol. The fourth-order valence-electron chi connectivity index (χ4n) is 4.47. The summed E-state index contributed by atoms with van der Waals surface area (Å²) in [5.41, 5.74) is 0.874. The number of aromatic amines is 1. The van der Waals surface area contributed by atoms with Gasteiger partial charge in [-0.2, -0.15) is 0 Å². The molecule has 2 aromatic carbocycles. The van der Waals surface area contributed by atoms with Crippen LogP contribution in [0.4, 0.5) is 4.39 Å². The first-order chi connectivity index (χ1) is 17.9. The molecule has 38 heavy (non-hydrogen) atoms. The third-order valence-corrected chi connectivity index (χ3v) is 9.42. The molecule has 0 bridgehead atoms. The van der Waals surface area contributed by atoms with Gasteiger partial charge in [-0.1, -0.05) is 11.6 Å². The minimum Gasteiger partial charge on any atom is -0.331 e. The van der Waals surface area contributed by atoms with Gasteiger partial charge in [0.2, 0.25) is 10.0 Å². The smallest absolute Gasteiger partial charge is 0.282 e. The van der Waals surface area contributed by atoms with Gasteiger partial charge in [0.15, 0.2) is 9.84 Å². The van der Waals surface area contributed by atoms with Gasteiger partial charge in [-0.3, -0.25) is 9.59 Å². The van der Waals surface area contributed by atoms with Crippen molar-refractivity contribution in [2.24, 2.45) is 0 Å². The second-order valence-corrected chi connectivity index (χ2v) is 13.4. The lowest BCUT2D eigenvalue weighted by Gasteiger charge is -2.14. The number of hydrogen-bond acceptors (Lipinski definition) is 6. The summed E-state index contributed by atoms with van der Waals surface area (Å²) >= 11 is 0. The van der Waals surface area contributed by atoms with Gasteiger partial charge in [-0.05, 0) is 62.2 Å². The van der Waals surface area contributed by atoms with Crippen LogP contribution in [0.15, 0.2) is 64.4 Å². The van der Waals surface area contributed by atoms with Crippen molar-refractivity contribution in [1.82, 2.24) is 14.3 Å². The van der Waals surface area contributed by atoms with Crippen LogP contribution in [0.2, 0.25) is 0 Å². The number of nitrogens with one attached hydrogen (secondary N) is 2. The van der Waals surface area contributed by atoms with Gasteiger partial charge in [0.1, 0.15) is 11.5 Å². The molecule has 0 spiro atoms. The summed E-state index contributed by atoms with van der Waals surface area (Å²) in [6.07, 6.45) is 3.29. The lowest BCUT2D eigenvalue weighted by Crippen LogP contribution is -2.35. The highest BCUT2D eigenvalue weighted by atomic mass is 32.2. The molecule has 0 aliphatic heterocycles. The molecule has 1 amide bonds. The Morgan fingerprint density at radius 1 is 1.11 bits per heavy atom. The molecule has 2 heterocycles. The van der Waals surface area contributed by atoms with Crippen molar-refractivity contribution in [3.8, 4) is 11.1 Å². The monoisotopic (exact) mass is 557 g/mol. The van der Waals surface area contributed by atoms with Gasteiger partial charge in [0.05, 0.1) is 16.7 Å². The Labute approximate surface area is 218 Å². The zero-order valence-electron chi connectivity index (χ0n) is 20.5. The molecule has 0 atom stereocenters. The van der Waals surface area contributed by atoms with E-state index >= 15 is 0 Å². The van der Waals surface area contributed by atoms with Gasteiger partial charge in [0, 0.05) is 40.0 Å². The van der Waals surface area contributed by atoms with E-state index in [0.29, 0.717) is 23.7 Å². The van der Waals surface area contributed by atoms with E-state index in [0.717, 1.165) is 24.0 Å². The molecule has 5 rings (SSSR count). The Balaban J connectivity index is 1.81. The third kappa shape index (κ3) is 4.76. The maximum absolute atomic E-state index is 15.0. The molecule has 0 saturated heterocycles. The summed E-state index contributed by atoms with van der Waals surface area (Å²) in [5.74, 6) is -1.67. The van der Waals surface area contributed by atoms with E-state index in [9.17, 15) is 30.8 Å².